The Morgan fingerprint density at radius 1 is 1.44 bits per heavy atom. The van der Waals surface area contributed by atoms with Crippen LogP contribution in [0, 0.1) is 0 Å². The van der Waals surface area contributed by atoms with Gasteiger partial charge >= 0.3 is 0 Å². The SMILES string of the molecule is CC1CCNC(CCO)CN1c1ccccc1Cl. The lowest BCUT2D eigenvalue weighted by atomic mass is 10.1. The van der Waals surface area contributed by atoms with Crippen LogP contribution in [-0.4, -0.2) is 36.9 Å². The van der Waals surface area contributed by atoms with Gasteiger partial charge in [-0.05, 0) is 38.4 Å². The number of hydrogen-bond acceptors (Lipinski definition) is 3. The third kappa shape index (κ3) is 3.16. The van der Waals surface area contributed by atoms with Crippen molar-refractivity contribution in [2.75, 3.05) is 24.6 Å². The number of aliphatic hydroxyl groups excluding tert-OH is 1. The Kier molecular flexibility index (Phi) is 4.87. The Balaban J connectivity index is 2.20. The molecule has 1 saturated heterocycles. The first kappa shape index (κ1) is 13.7. The molecule has 0 bridgehead atoms. The van der Waals surface area contributed by atoms with Crippen molar-refractivity contribution < 1.29 is 5.11 Å². The van der Waals surface area contributed by atoms with Gasteiger partial charge in [-0.3, -0.25) is 0 Å². The molecule has 1 aliphatic rings. The third-order valence-electron chi connectivity index (χ3n) is 3.58. The van der Waals surface area contributed by atoms with E-state index in [-0.39, 0.29) is 6.61 Å². The molecular formula is C14H21ClN2O. The average Bonchev–Trinajstić information content (AvgIpc) is 2.53. The van der Waals surface area contributed by atoms with Crippen molar-refractivity contribution in [2.45, 2.75) is 31.8 Å². The number of halogens is 1. The Hall–Kier alpha value is -0.770. The molecule has 2 unspecified atom stereocenters. The number of para-hydroxylation sites is 1. The van der Waals surface area contributed by atoms with E-state index in [1.165, 1.54) is 0 Å². The van der Waals surface area contributed by atoms with E-state index in [4.69, 9.17) is 16.7 Å². The fraction of sp³-hybridized carbons (Fsp3) is 0.571. The summed E-state index contributed by atoms with van der Waals surface area (Å²) in [7, 11) is 0. The van der Waals surface area contributed by atoms with Gasteiger partial charge in [-0.15, -0.1) is 0 Å². The van der Waals surface area contributed by atoms with E-state index in [2.05, 4.69) is 23.2 Å². The van der Waals surface area contributed by atoms with Crippen LogP contribution in [0.4, 0.5) is 5.69 Å². The second kappa shape index (κ2) is 6.41. The highest BCUT2D eigenvalue weighted by molar-refractivity contribution is 6.33. The molecule has 2 atom stereocenters. The Bertz CT molecular complexity index is 386. The van der Waals surface area contributed by atoms with Crippen molar-refractivity contribution in [3.63, 3.8) is 0 Å². The number of nitrogens with one attached hydrogen (secondary N) is 1. The van der Waals surface area contributed by atoms with E-state index in [1.54, 1.807) is 0 Å². The monoisotopic (exact) mass is 268 g/mol. The van der Waals surface area contributed by atoms with Gasteiger partial charge in [-0.25, -0.2) is 0 Å². The molecule has 0 spiro atoms. The number of aliphatic hydroxyl groups is 1. The predicted octanol–water partition coefficient (Wildman–Crippen LogP) is 2.28. The van der Waals surface area contributed by atoms with Crippen molar-refractivity contribution in [3.8, 4) is 0 Å². The van der Waals surface area contributed by atoms with E-state index in [0.717, 1.165) is 36.6 Å². The van der Waals surface area contributed by atoms with Gasteiger partial charge in [-0.2, -0.15) is 0 Å². The van der Waals surface area contributed by atoms with Crippen molar-refractivity contribution in [2.24, 2.45) is 0 Å². The zero-order valence-electron chi connectivity index (χ0n) is 10.8. The number of rotatable bonds is 3. The van der Waals surface area contributed by atoms with Gasteiger partial charge in [0.25, 0.3) is 0 Å². The van der Waals surface area contributed by atoms with Crippen LogP contribution in [0.1, 0.15) is 19.8 Å². The van der Waals surface area contributed by atoms with Crippen LogP contribution in [0.3, 0.4) is 0 Å². The summed E-state index contributed by atoms with van der Waals surface area (Å²) < 4.78 is 0. The normalized spacial score (nSPS) is 24.9. The molecule has 2 rings (SSSR count). The molecule has 1 heterocycles. The largest absolute Gasteiger partial charge is 0.396 e. The first-order valence-electron chi connectivity index (χ1n) is 6.57. The molecule has 4 heteroatoms. The van der Waals surface area contributed by atoms with Gasteiger partial charge < -0.3 is 15.3 Å². The minimum atomic E-state index is 0.225. The Labute approximate surface area is 114 Å². The van der Waals surface area contributed by atoms with Gasteiger partial charge in [-0.1, -0.05) is 23.7 Å². The second-order valence-electron chi connectivity index (χ2n) is 4.90. The fourth-order valence-electron chi connectivity index (χ4n) is 2.50. The summed E-state index contributed by atoms with van der Waals surface area (Å²) in [6.45, 7) is 4.34. The van der Waals surface area contributed by atoms with E-state index in [0.29, 0.717) is 12.1 Å². The molecule has 2 N–H and O–H groups in total. The van der Waals surface area contributed by atoms with Crippen molar-refractivity contribution >= 4 is 17.3 Å². The minimum absolute atomic E-state index is 0.225. The quantitative estimate of drug-likeness (QED) is 0.883. The second-order valence-corrected chi connectivity index (χ2v) is 5.31. The maximum absolute atomic E-state index is 9.10. The molecule has 1 aromatic rings. The zero-order chi connectivity index (χ0) is 13.0. The molecule has 0 amide bonds. The average molecular weight is 269 g/mol. The highest BCUT2D eigenvalue weighted by Crippen LogP contribution is 2.28. The minimum Gasteiger partial charge on any atom is -0.396 e. The van der Waals surface area contributed by atoms with E-state index in [1.807, 2.05) is 18.2 Å². The van der Waals surface area contributed by atoms with Crippen LogP contribution in [0.25, 0.3) is 0 Å². The first-order valence-corrected chi connectivity index (χ1v) is 6.95. The standard InChI is InChI=1S/C14H21ClN2O/c1-11-6-8-16-12(7-9-18)10-17(11)14-5-3-2-4-13(14)15/h2-5,11-12,16,18H,6-10H2,1H3. The first-order chi connectivity index (χ1) is 8.72. The van der Waals surface area contributed by atoms with Gasteiger partial charge in [0, 0.05) is 25.2 Å². The molecule has 3 nitrogen and oxygen atoms in total. The Morgan fingerprint density at radius 3 is 2.94 bits per heavy atom. The summed E-state index contributed by atoms with van der Waals surface area (Å²) in [5.74, 6) is 0. The van der Waals surface area contributed by atoms with Crippen molar-refractivity contribution in [3.05, 3.63) is 29.3 Å². The Morgan fingerprint density at radius 2 is 2.22 bits per heavy atom. The van der Waals surface area contributed by atoms with Gasteiger partial charge in [0.2, 0.25) is 0 Å². The van der Waals surface area contributed by atoms with Gasteiger partial charge in [0.15, 0.2) is 0 Å². The summed E-state index contributed by atoms with van der Waals surface area (Å²) in [5.41, 5.74) is 1.10. The lowest BCUT2D eigenvalue weighted by Crippen LogP contribution is -2.40. The lowest BCUT2D eigenvalue weighted by molar-refractivity contribution is 0.267. The number of anilines is 1. The van der Waals surface area contributed by atoms with E-state index < -0.39 is 0 Å². The molecule has 18 heavy (non-hydrogen) atoms. The molecule has 0 aromatic heterocycles. The molecule has 1 fully saturated rings. The number of nitrogens with zero attached hydrogens (tertiary/aromatic N) is 1. The maximum atomic E-state index is 9.10. The summed E-state index contributed by atoms with van der Waals surface area (Å²) in [6.07, 6.45) is 1.88. The summed E-state index contributed by atoms with van der Waals surface area (Å²) in [5, 5.41) is 13.4. The van der Waals surface area contributed by atoms with Crippen LogP contribution in [0.15, 0.2) is 24.3 Å². The highest BCUT2D eigenvalue weighted by Gasteiger charge is 2.23. The molecule has 1 aliphatic heterocycles. The van der Waals surface area contributed by atoms with Gasteiger partial charge in [0.05, 0.1) is 10.7 Å². The summed E-state index contributed by atoms with van der Waals surface area (Å²) >= 11 is 6.29. The van der Waals surface area contributed by atoms with Crippen LogP contribution in [0.5, 0.6) is 0 Å². The lowest BCUT2D eigenvalue weighted by Gasteiger charge is -2.32. The molecule has 0 radical (unpaired) electrons. The van der Waals surface area contributed by atoms with Crippen molar-refractivity contribution in [1.82, 2.24) is 5.32 Å². The highest BCUT2D eigenvalue weighted by atomic mass is 35.5. The summed E-state index contributed by atoms with van der Waals surface area (Å²) in [4.78, 5) is 2.35. The van der Waals surface area contributed by atoms with Gasteiger partial charge in [0.1, 0.15) is 0 Å². The van der Waals surface area contributed by atoms with E-state index >= 15 is 0 Å². The predicted molar refractivity (Wildman–Crippen MR) is 76.4 cm³/mol. The molecule has 100 valence electrons. The van der Waals surface area contributed by atoms with Crippen LogP contribution >= 0.6 is 11.6 Å². The molecular weight excluding hydrogens is 248 g/mol. The zero-order valence-corrected chi connectivity index (χ0v) is 11.5. The molecule has 0 aliphatic carbocycles. The van der Waals surface area contributed by atoms with E-state index in [9.17, 15) is 0 Å². The molecule has 1 aromatic carbocycles. The molecule has 0 saturated carbocycles. The summed E-state index contributed by atoms with van der Waals surface area (Å²) in [6, 6.07) is 8.77. The van der Waals surface area contributed by atoms with Crippen LogP contribution in [0.2, 0.25) is 5.02 Å². The number of hydrogen-bond donors (Lipinski definition) is 2. The number of benzene rings is 1. The van der Waals surface area contributed by atoms with Crippen molar-refractivity contribution in [1.29, 1.82) is 0 Å². The fourth-order valence-corrected chi connectivity index (χ4v) is 2.75. The smallest absolute Gasteiger partial charge is 0.0639 e. The topological polar surface area (TPSA) is 35.5 Å². The maximum Gasteiger partial charge on any atom is 0.0639 e. The van der Waals surface area contributed by atoms with Crippen LogP contribution in [-0.2, 0) is 0 Å². The third-order valence-corrected chi connectivity index (χ3v) is 3.90. The van der Waals surface area contributed by atoms with Crippen LogP contribution < -0.4 is 10.2 Å².